The van der Waals surface area contributed by atoms with E-state index in [9.17, 15) is 0 Å². The van der Waals surface area contributed by atoms with Gasteiger partial charge in [-0.2, -0.15) is 0 Å². The zero-order valence-electron chi connectivity index (χ0n) is 14.2. The van der Waals surface area contributed by atoms with Gasteiger partial charge in [0.15, 0.2) is 11.5 Å². The lowest BCUT2D eigenvalue weighted by Gasteiger charge is -2.18. The van der Waals surface area contributed by atoms with Gasteiger partial charge in [-0.1, -0.05) is 12.1 Å². The number of hydrogen-bond donors (Lipinski definition) is 1. The van der Waals surface area contributed by atoms with E-state index in [1.54, 1.807) is 7.11 Å². The summed E-state index contributed by atoms with van der Waals surface area (Å²) in [5.41, 5.74) is 4.70. The Hall–Kier alpha value is -2.16. The lowest BCUT2D eigenvalue weighted by atomic mass is 10.1. The Morgan fingerprint density at radius 2 is 1.78 bits per heavy atom. The minimum atomic E-state index is 0.319. The van der Waals surface area contributed by atoms with E-state index in [0.29, 0.717) is 6.10 Å². The van der Waals surface area contributed by atoms with Crippen LogP contribution in [-0.2, 0) is 0 Å². The van der Waals surface area contributed by atoms with E-state index in [0.717, 1.165) is 35.7 Å². The number of methoxy groups -OCH3 is 1. The van der Waals surface area contributed by atoms with Crippen molar-refractivity contribution in [3.05, 3.63) is 47.5 Å². The summed E-state index contributed by atoms with van der Waals surface area (Å²) in [5.74, 6) is 1.62. The molecule has 2 aromatic carbocycles. The van der Waals surface area contributed by atoms with Crippen LogP contribution in [0.1, 0.15) is 36.8 Å². The Kier molecular flexibility index (Phi) is 4.75. The second-order valence-corrected chi connectivity index (χ2v) is 6.26. The molecule has 0 aliphatic heterocycles. The number of aryl methyl sites for hydroxylation is 1. The minimum absolute atomic E-state index is 0.319. The Morgan fingerprint density at radius 3 is 2.52 bits per heavy atom. The van der Waals surface area contributed by atoms with Crippen molar-refractivity contribution in [3.63, 3.8) is 0 Å². The first kappa shape index (κ1) is 15.7. The van der Waals surface area contributed by atoms with Crippen molar-refractivity contribution < 1.29 is 9.47 Å². The average molecular weight is 311 g/mol. The van der Waals surface area contributed by atoms with Crippen molar-refractivity contribution in [2.24, 2.45) is 0 Å². The van der Waals surface area contributed by atoms with Gasteiger partial charge >= 0.3 is 0 Å². The molecular weight excluding hydrogens is 286 g/mol. The van der Waals surface area contributed by atoms with Crippen LogP contribution in [0.15, 0.2) is 36.4 Å². The fraction of sp³-hybridized carbons (Fsp3) is 0.400. The molecule has 0 aromatic heterocycles. The molecule has 1 fully saturated rings. The first-order chi connectivity index (χ1) is 11.2. The Labute approximate surface area is 138 Å². The highest BCUT2D eigenvalue weighted by Gasteiger charge is 2.18. The number of ether oxygens (including phenoxy) is 2. The molecule has 122 valence electrons. The van der Waals surface area contributed by atoms with E-state index in [-0.39, 0.29) is 0 Å². The fourth-order valence-corrected chi connectivity index (χ4v) is 3.07. The molecule has 0 radical (unpaired) electrons. The minimum Gasteiger partial charge on any atom is -0.493 e. The Morgan fingerprint density at radius 1 is 1.00 bits per heavy atom. The molecule has 3 nitrogen and oxygen atoms in total. The maximum absolute atomic E-state index is 6.16. The molecule has 0 atom stereocenters. The number of nitrogens with one attached hydrogen (secondary N) is 1. The Balaban J connectivity index is 1.83. The van der Waals surface area contributed by atoms with E-state index in [4.69, 9.17) is 9.47 Å². The third-order valence-corrected chi connectivity index (χ3v) is 4.64. The largest absolute Gasteiger partial charge is 0.493 e. The summed E-state index contributed by atoms with van der Waals surface area (Å²) in [6.45, 7) is 4.26. The molecule has 1 aliphatic rings. The third-order valence-electron chi connectivity index (χ3n) is 4.64. The van der Waals surface area contributed by atoms with Crippen molar-refractivity contribution in [1.82, 2.24) is 0 Å². The Bertz CT molecular complexity index is 675. The summed E-state index contributed by atoms with van der Waals surface area (Å²) >= 11 is 0. The van der Waals surface area contributed by atoms with Gasteiger partial charge in [-0.05, 0) is 68.9 Å². The third kappa shape index (κ3) is 3.61. The number of benzene rings is 2. The van der Waals surface area contributed by atoms with Crippen LogP contribution in [0.4, 0.5) is 11.4 Å². The molecule has 2 aromatic rings. The van der Waals surface area contributed by atoms with E-state index in [2.05, 4.69) is 37.4 Å². The summed E-state index contributed by atoms with van der Waals surface area (Å²) in [7, 11) is 1.69. The van der Waals surface area contributed by atoms with E-state index >= 15 is 0 Å². The highest BCUT2D eigenvalue weighted by Crippen LogP contribution is 2.35. The molecule has 0 bridgehead atoms. The van der Waals surface area contributed by atoms with Crippen LogP contribution in [0.25, 0.3) is 0 Å². The lowest BCUT2D eigenvalue weighted by molar-refractivity contribution is 0.201. The monoisotopic (exact) mass is 311 g/mol. The SMILES string of the molecule is COc1ccc(Nc2cccc(C)c2C)cc1OC1CCCC1. The van der Waals surface area contributed by atoms with Crippen LogP contribution in [0.5, 0.6) is 11.5 Å². The van der Waals surface area contributed by atoms with Crippen molar-refractivity contribution in [1.29, 1.82) is 0 Å². The lowest BCUT2D eigenvalue weighted by Crippen LogP contribution is -2.11. The molecule has 23 heavy (non-hydrogen) atoms. The van der Waals surface area contributed by atoms with Crippen LogP contribution in [0.3, 0.4) is 0 Å². The van der Waals surface area contributed by atoms with Crippen LogP contribution in [-0.4, -0.2) is 13.2 Å². The van der Waals surface area contributed by atoms with Crippen LogP contribution >= 0.6 is 0 Å². The van der Waals surface area contributed by atoms with Gasteiger partial charge in [-0.15, -0.1) is 0 Å². The van der Waals surface area contributed by atoms with Gasteiger partial charge in [0.1, 0.15) is 0 Å². The molecule has 0 heterocycles. The van der Waals surface area contributed by atoms with Gasteiger partial charge in [0.2, 0.25) is 0 Å². The van der Waals surface area contributed by atoms with Crippen molar-refractivity contribution >= 4 is 11.4 Å². The molecule has 3 rings (SSSR count). The molecule has 0 saturated heterocycles. The van der Waals surface area contributed by atoms with Crippen LogP contribution < -0.4 is 14.8 Å². The van der Waals surface area contributed by atoms with Crippen molar-refractivity contribution in [3.8, 4) is 11.5 Å². The zero-order valence-corrected chi connectivity index (χ0v) is 14.2. The topological polar surface area (TPSA) is 30.5 Å². The predicted octanol–water partition coefficient (Wildman–Crippen LogP) is 5.38. The first-order valence-electron chi connectivity index (χ1n) is 8.35. The first-order valence-corrected chi connectivity index (χ1v) is 8.35. The molecule has 3 heteroatoms. The molecular formula is C20H25NO2. The smallest absolute Gasteiger partial charge is 0.163 e. The van der Waals surface area contributed by atoms with Crippen LogP contribution in [0, 0.1) is 13.8 Å². The van der Waals surface area contributed by atoms with E-state index < -0.39 is 0 Å². The maximum atomic E-state index is 6.16. The number of hydrogen-bond acceptors (Lipinski definition) is 3. The van der Waals surface area contributed by atoms with Crippen LogP contribution in [0.2, 0.25) is 0 Å². The van der Waals surface area contributed by atoms with E-state index in [1.807, 2.05) is 18.2 Å². The molecule has 0 amide bonds. The van der Waals surface area contributed by atoms with Gasteiger partial charge in [-0.3, -0.25) is 0 Å². The normalized spacial score (nSPS) is 14.7. The van der Waals surface area contributed by atoms with Crippen molar-refractivity contribution in [2.75, 3.05) is 12.4 Å². The predicted molar refractivity (Wildman–Crippen MR) is 95.1 cm³/mol. The van der Waals surface area contributed by atoms with Crippen molar-refractivity contribution in [2.45, 2.75) is 45.6 Å². The average Bonchev–Trinajstić information content (AvgIpc) is 3.05. The van der Waals surface area contributed by atoms with E-state index in [1.165, 1.54) is 24.0 Å². The van der Waals surface area contributed by atoms with Gasteiger partial charge < -0.3 is 14.8 Å². The van der Waals surface area contributed by atoms with Gasteiger partial charge in [-0.25, -0.2) is 0 Å². The molecule has 0 unspecified atom stereocenters. The number of anilines is 2. The summed E-state index contributed by atoms with van der Waals surface area (Å²) in [6.07, 6.45) is 5.11. The van der Waals surface area contributed by atoms with Gasteiger partial charge in [0, 0.05) is 17.4 Å². The molecule has 1 N–H and O–H groups in total. The molecule has 1 saturated carbocycles. The summed E-state index contributed by atoms with van der Waals surface area (Å²) in [6, 6.07) is 12.3. The quantitative estimate of drug-likeness (QED) is 0.804. The highest BCUT2D eigenvalue weighted by atomic mass is 16.5. The molecule has 1 aliphatic carbocycles. The summed E-state index contributed by atoms with van der Waals surface area (Å²) in [4.78, 5) is 0. The standard InChI is InChI=1S/C20H25NO2/c1-14-7-6-10-18(15(14)2)21-16-11-12-19(22-3)20(13-16)23-17-8-4-5-9-17/h6-7,10-13,17,21H,4-5,8-9H2,1-3H3. The summed E-state index contributed by atoms with van der Waals surface area (Å²) in [5, 5.41) is 3.49. The summed E-state index contributed by atoms with van der Waals surface area (Å²) < 4.78 is 11.6. The second kappa shape index (κ2) is 6.95. The zero-order chi connectivity index (χ0) is 16.2. The van der Waals surface area contributed by atoms with Gasteiger partial charge in [0.05, 0.1) is 13.2 Å². The number of rotatable bonds is 5. The second-order valence-electron chi connectivity index (χ2n) is 6.26. The van der Waals surface area contributed by atoms with Gasteiger partial charge in [0.25, 0.3) is 0 Å². The highest BCUT2D eigenvalue weighted by molar-refractivity contribution is 5.66. The fourth-order valence-electron chi connectivity index (χ4n) is 3.07. The maximum Gasteiger partial charge on any atom is 0.163 e. The molecule has 0 spiro atoms.